The minimum absolute atomic E-state index is 0.0606. The van der Waals surface area contributed by atoms with E-state index in [2.05, 4.69) is 0 Å². The van der Waals surface area contributed by atoms with Crippen LogP contribution in [-0.4, -0.2) is 17.9 Å². The van der Waals surface area contributed by atoms with E-state index >= 15 is 0 Å². The van der Waals surface area contributed by atoms with Gasteiger partial charge in [0.25, 0.3) is 6.47 Å². The Labute approximate surface area is 65.7 Å². The molecule has 11 heavy (non-hydrogen) atoms. The van der Waals surface area contributed by atoms with Gasteiger partial charge in [0, 0.05) is 11.8 Å². The van der Waals surface area contributed by atoms with Gasteiger partial charge >= 0.3 is 0 Å². The van der Waals surface area contributed by atoms with Crippen LogP contribution < -0.4 is 0 Å². The highest BCUT2D eigenvalue weighted by Gasteiger charge is 2.67. The van der Waals surface area contributed by atoms with Gasteiger partial charge < -0.3 is 4.74 Å². The molecule has 1 unspecified atom stereocenters. The molecule has 0 bridgehead atoms. The first kappa shape index (κ1) is 8.24. The summed E-state index contributed by atoms with van der Waals surface area (Å²) in [6.07, 6.45) is 0.647. The molecule has 1 rings (SSSR count). The number of Topliss-reactive ketones (excluding diaryl/α,β-unsaturated/α-hetero) is 1. The van der Waals surface area contributed by atoms with Crippen LogP contribution in [-0.2, 0) is 14.3 Å². The third-order valence-corrected chi connectivity index (χ3v) is 2.48. The fourth-order valence-electron chi connectivity index (χ4n) is 1.55. The highest BCUT2D eigenvalue weighted by atomic mass is 16.6. The summed E-state index contributed by atoms with van der Waals surface area (Å²) in [5.74, 6) is -0.0606. The Kier molecular flexibility index (Phi) is 1.54. The lowest BCUT2D eigenvalue weighted by Gasteiger charge is -2.14. The quantitative estimate of drug-likeness (QED) is 0.570. The molecule has 0 heterocycles. The number of ether oxygens (including phenoxy) is 1. The van der Waals surface area contributed by atoms with Gasteiger partial charge in [-0.1, -0.05) is 13.8 Å². The van der Waals surface area contributed by atoms with Crippen LogP contribution in [0.15, 0.2) is 0 Å². The summed E-state index contributed by atoms with van der Waals surface area (Å²) in [5, 5.41) is 0. The largest absolute Gasteiger partial charge is 0.453 e. The van der Waals surface area contributed by atoms with Gasteiger partial charge in [-0.2, -0.15) is 0 Å². The van der Waals surface area contributed by atoms with Gasteiger partial charge in [-0.05, 0) is 6.92 Å². The van der Waals surface area contributed by atoms with E-state index in [-0.39, 0.29) is 11.2 Å². The van der Waals surface area contributed by atoms with E-state index in [4.69, 9.17) is 4.74 Å². The van der Waals surface area contributed by atoms with Crippen LogP contribution in [0.3, 0.4) is 0 Å². The zero-order chi connectivity index (χ0) is 8.70. The lowest BCUT2D eigenvalue weighted by molar-refractivity contribution is -0.148. The van der Waals surface area contributed by atoms with Crippen molar-refractivity contribution in [1.82, 2.24) is 0 Å². The van der Waals surface area contributed by atoms with Crippen molar-refractivity contribution in [3.8, 4) is 0 Å². The summed E-state index contributed by atoms with van der Waals surface area (Å²) in [6, 6.07) is 0. The maximum Gasteiger partial charge on any atom is 0.294 e. The number of hydrogen-bond donors (Lipinski definition) is 0. The smallest absolute Gasteiger partial charge is 0.294 e. The Morgan fingerprint density at radius 3 is 2.09 bits per heavy atom. The van der Waals surface area contributed by atoms with Gasteiger partial charge in [-0.15, -0.1) is 0 Å². The second-order valence-electron chi connectivity index (χ2n) is 3.66. The molecular formula is C8H12O3. The van der Waals surface area contributed by atoms with Crippen LogP contribution in [0.25, 0.3) is 0 Å². The Bertz CT molecular complexity index is 207. The Morgan fingerprint density at radius 2 is 2.00 bits per heavy atom. The first-order valence-electron chi connectivity index (χ1n) is 3.59. The van der Waals surface area contributed by atoms with Gasteiger partial charge in [-0.25, -0.2) is 0 Å². The standard InChI is InChI=1S/C8H12O3/c1-6(10)8(11-5-9)4-7(8,2)3/h5H,4H2,1-3H3. The molecule has 0 amide bonds. The number of hydrogen-bond acceptors (Lipinski definition) is 3. The minimum Gasteiger partial charge on any atom is -0.453 e. The molecule has 1 aliphatic rings. The van der Waals surface area contributed by atoms with E-state index in [0.717, 1.165) is 0 Å². The maximum atomic E-state index is 11.0. The van der Waals surface area contributed by atoms with E-state index in [0.29, 0.717) is 12.9 Å². The summed E-state index contributed by atoms with van der Waals surface area (Å²) in [5.41, 5.74) is -0.978. The number of rotatable bonds is 3. The molecule has 1 fully saturated rings. The van der Waals surface area contributed by atoms with Crippen LogP contribution in [0.2, 0.25) is 0 Å². The first-order valence-corrected chi connectivity index (χ1v) is 3.59. The third-order valence-electron chi connectivity index (χ3n) is 2.48. The molecular weight excluding hydrogens is 144 g/mol. The predicted octanol–water partition coefficient (Wildman–Crippen LogP) is 0.917. The van der Waals surface area contributed by atoms with Gasteiger partial charge in [-0.3, -0.25) is 9.59 Å². The fraction of sp³-hybridized carbons (Fsp3) is 0.750. The molecule has 1 aliphatic carbocycles. The SMILES string of the molecule is CC(=O)C1(OC=O)CC1(C)C. The highest BCUT2D eigenvalue weighted by molar-refractivity contribution is 5.90. The van der Waals surface area contributed by atoms with E-state index < -0.39 is 5.60 Å². The van der Waals surface area contributed by atoms with Gasteiger partial charge in [0.05, 0.1) is 0 Å². The van der Waals surface area contributed by atoms with Crippen molar-refractivity contribution in [2.45, 2.75) is 32.8 Å². The van der Waals surface area contributed by atoms with Crippen molar-refractivity contribution in [1.29, 1.82) is 0 Å². The second kappa shape index (κ2) is 2.06. The minimum atomic E-state index is -0.811. The summed E-state index contributed by atoms with van der Waals surface area (Å²) < 4.78 is 4.79. The molecule has 0 aliphatic heterocycles. The van der Waals surface area contributed by atoms with Crippen molar-refractivity contribution < 1.29 is 14.3 Å². The van der Waals surface area contributed by atoms with E-state index in [1.807, 2.05) is 13.8 Å². The zero-order valence-electron chi connectivity index (χ0n) is 7.01. The molecule has 1 atom stereocenters. The molecule has 0 spiro atoms. The van der Waals surface area contributed by atoms with Crippen molar-refractivity contribution >= 4 is 12.3 Å². The van der Waals surface area contributed by atoms with Crippen molar-refractivity contribution in [3.05, 3.63) is 0 Å². The molecule has 0 N–H and O–H groups in total. The monoisotopic (exact) mass is 156 g/mol. The van der Waals surface area contributed by atoms with Crippen LogP contribution >= 0.6 is 0 Å². The Morgan fingerprint density at radius 1 is 1.55 bits per heavy atom. The second-order valence-corrected chi connectivity index (χ2v) is 3.66. The van der Waals surface area contributed by atoms with Crippen LogP contribution in [0, 0.1) is 5.41 Å². The summed E-state index contributed by atoms with van der Waals surface area (Å²) in [7, 11) is 0. The van der Waals surface area contributed by atoms with Gasteiger partial charge in [0.1, 0.15) is 0 Å². The van der Waals surface area contributed by atoms with E-state index in [1.165, 1.54) is 6.92 Å². The first-order chi connectivity index (χ1) is 4.96. The molecule has 0 radical (unpaired) electrons. The third kappa shape index (κ3) is 0.951. The topological polar surface area (TPSA) is 43.4 Å². The molecule has 62 valence electrons. The number of carbonyl (C=O) groups is 2. The molecule has 3 heteroatoms. The summed E-state index contributed by atoms with van der Waals surface area (Å²) >= 11 is 0. The molecule has 1 saturated carbocycles. The molecule has 0 aromatic rings. The molecule has 3 nitrogen and oxygen atoms in total. The van der Waals surface area contributed by atoms with Gasteiger partial charge in [0.15, 0.2) is 11.4 Å². The zero-order valence-corrected chi connectivity index (χ0v) is 7.01. The van der Waals surface area contributed by atoms with E-state index in [9.17, 15) is 9.59 Å². The maximum absolute atomic E-state index is 11.0. The van der Waals surface area contributed by atoms with Crippen LogP contribution in [0.1, 0.15) is 27.2 Å². The summed E-state index contributed by atoms with van der Waals surface area (Å²) in [6.45, 7) is 5.64. The number of ketones is 1. The van der Waals surface area contributed by atoms with Crippen LogP contribution in [0.4, 0.5) is 0 Å². The number of carbonyl (C=O) groups excluding carboxylic acids is 2. The average molecular weight is 156 g/mol. The highest BCUT2D eigenvalue weighted by Crippen LogP contribution is 2.58. The fourth-order valence-corrected chi connectivity index (χ4v) is 1.55. The van der Waals surface area contributed by atoms with Gasteiger partial charge in [0.2, 0.25) is 0 Å². The normalized spacial score (nSPS) is 32.6. The predicted molar refractivity (Wildman–Crippen MR) is 39.0 cm³/mol. The Hall–Kier alpha value is -0.860. The Balaban J connectivity index is 2.79. The lowest BCUT2D eigenvalue weighted by atomic mass is 10.0. The van der Waals surface area contributed by atoms with E-state index in [1.54, 1.807) is 0 Å². The summed E-state index contributed by atoms with van der Waals surface area (Å²) in [4.78, 5) is 21.1. The lowest BCUT2D eigenvalue weighted by Crippen LogP contribution is -2.28. The van der Waals surface area contributed by atoms with Crippen molar-refractivity contribution in [2.24, 2.45) is 5.41 Å². The van der Waals surface area contributed by atoms with Crippen molar-refractivity contribution in [2.75, 3.05) is 0 Å². The molecule has 0 aromatic heterocycles. The molecule has 0 aromatic carbocycles. The van der Waals surface area contributed by atoms with Crippen LogP contribution in [0.5, 0.6) is 0 Å². The average Bonchev–Trinajstić information content (AvgIpc) is 2.36. The molecule has 0 saturated heterocycles. The van der Waals surface area contributed by atoms with Crippen molar-refractivity contribution in [3.63, 3.8) is 0 Å².